The van der Waals surface area contributed by atoms with Crippen molar-refractivity contribution in [1.82, 2.24) is 9.97 Å². The summed E-state index contributed by atoms with van der Waals surface area (Å²) < 4.78 is 0. The largest absolute Gasteiger partial charge is 0.358 e. The average Bonchev–Trinajstić information content (AvgIpc) is 2.43. The van der Waals surface area contributed by atoms with E-state index in [1.165, 1.54) is 0 Å². The summed E-state index contributed by atoms with van der Waals surface area (Å²) in [5.74, 6) is 0.990. The molecule has 5 nitrogen and oxygen atoms in total. The van der Waals surface area contributed by atoms with E-state index in [-0.39, 0.29) is 5.82 Å². The molecule has 1 aromatic heterocycles. The number of thiol groups is 1. The topological polar surface area (TPSA) is 71.8 Å². The Morgan fingerprint density at radius 1 is 1.77 bits per heavy atom. The summed E-state index contributed by atoms with van der Waals surface area (Å²) in [6.07, 6.45) is 3.28. The van der Waals surface area contributed by atoms with E-state index in [0.717, 1.165) is 0 Å². The van der Waals surface area contributed by atoms with Crippen LogP contribution in [0.5, 0.6) is 0 Å². The number of aromatic nitrogens is 2. The van der Waals surface area contributed by atoms with Crippen molar-refractivity contribution >= 4 is 24.5 Å². The van der Waals surface area contributed by atoms with Crippen LogP contribution < -0.4 is 0 Å². The van der Waals surface area contributed by atoms with Gasteiger partial charge in [0.15, 0.2) is 11.5 Å². The highest BCUT2D eigenvalue weighted by molar-refractivity contribution is 7.80. The van der Waals surface area contributed by atoms with Gasteiger partial charge in [-0.1, -0.05) is 6.08 Å². The lowest BCUT2D eigenvalue weighted by Gasteiger charge is -1.89. The molecule has 1 rings (SSSR count). The van der Waals surface area contributed by atoms with Crippen molar-refractivity contribution in [3.05, 3.63) is 27.7 Å². The molecule has 0 unspecified atom stereocenters. The number of nitrogens with one attached hydrogen (secondary N) is 1. The molecule has 13 heavy (non-hydrogen) atoms. The Morgan fingerprint density at radius 2 is 2.46 bits per heavy atom. The van der Waals surface area contributed by atoms with Crippen molar-refractivity contribution in [3.8, 4) is 0 Å². The smallest absolute Gasteiger partial charge is 0.348 e. The van der Waals surface area contributed by atoms with Gasteiger partial charge in [-0.05, 0) is 11.0 Å². The number of nitro groups is 1. The third-order valence-corrected chi connectivity index (χ3v) is 1.60. The van der Waals surface area contributed by atoms with Crippen LogP contribution in [0.15, 0.2) is 6.08 Å². The fourth-order valence-corrected chi connectivity index (χ4v) is 1.02. The van der Waals surface area contributed by atoms with E-state index in [1.54, 1.807) is 19.1 Å². The van der Waals surface area contributed by atoms with Gasteiger partial charge in [-0.25, -0.2) is 9.97 Å². The van der Waals surface area contributed by atoms with E-state index in [4.69, 9.17) is 0 Å². The van der Waals surface area contributed by atoms with Crippen LogP contribution in [0, 0.1) is 17.0 Å². The second-order valence-electron chi connectivity index (χ2n) is 2.40. The fraction of sp³-hybridized carbons (Fsp3) is 0.286. The van der Waals surface area contributed by atoms with Crippen molar-refractivity contribution in [1.29, 1.82) is 0 Å². The molecular formula is C7H9N3O2S. The van der Waals surface area contributed by atoms with Gasteiger partial charge < -0.3 is 10.1 Å². The Bertz CT molecular complexity index is 346. The van der Waals surface area contributed by atoms with Crippen LogP contribution in [-0.2, 0) is 0 Å². The van der Waals surface area contributed by atoms with E-state index in [1.807, 2.05) is 0 Å². The minimum atomic E-state index is -0.488. The van der Waals surface area contributed by atoms with Gasteiger partial charge in [-0.15, -0.1) is 0 Å². The Balaban J connectivity index is 3.04. The molecule has 70 valence electrons. The van der Waals surface area contributed by atoms with Crippen molar-refractivity contribution in [3.63, 3.8) is 0 Å². The third kappa shape index (κ3) is 2.32. The molecule has 0 aliphatic carbocycles. The maximum atomic E-state index is 10.5. The third-order valence-electron chi connectivity index (χ3n) is 1.39. The van der Waals surface area contributed by atoms with Crippen molar-refractivity contribution < 1.29 is 4.92 Å². The van der Waals surface area contributed by atoms with E-state index >= 15 is 0 Å². The van der Waals surface area contributed by atoms with Crippen LogP contribution in [0.1, 0.15) is 11.5 Å². The summed E-state index contributed by atoms with van der Waals surface area (Å²) >= 11 is 3.95. The molecule has 1 N–H and O–H groups in total. The van der Waals surface area contributed by atoms with E-state index < -0.39 is 4.92 Å². The fourth-order valence-electron chi connectivity index (χ4n) is 0.917. The van der Waals surface area contributed by atoms with Crippen molar-refractivity contribution in [2.45, 2.75) is 6.92 Å². The van der Waals surface area contributed by atoms with Crippen LogP contribution in [-0.4, -0.2) is 20.6 Å². The number of imidazole rings is 1. The Morgan fingerprint density at radius 3 is 3.00 bits per heavy atom. The molecule has 6 heteroatoms. The molecule has 0 bridgehead atoms. The normalized spacial score (nSPS) is 10.9. The second-order valence-corrected chi connectivity index (χ2v) is 2.76. The van der Waals surface area contributed by atoms with Crippen molar-refractivity contribution in [2.75, 3.05) is 5.75 Å². The van der Waals surface area contributed by atoms with E-state index in [2.05, 4.69) is 22.6 Å². The first-order chi connectivity index (χ1) is 6.15. The van der Waals surface area contributed by atoms with Gasteiger partial charge in [-0.3, -0.25) is 0 Å². The summed E-state index contributed by atoms with van der Waals surface area (Å²) in [6.45, 7) is 1.67. The molecule has 0 fully saturated rings. The first-order valence-corrected chi connectivity index (χ1v) is 4.26. The van der Waals surface area contributed by atoms with Crippen LogP contribution in [0.4, 0.5) is 5.82 Å². The lowest BCUT2D eigenvalue weighted by atomic mass is 10.4. The zero-order valence-corrected chi connectivity index (χ0v) is 7.91. The molecular weight excluding hydrogens is 190 g/mol. The Hall–Kier alpha value is -1.30. The highest BCUT2D eigenvalue weighted by atomic mass is 32.1. The molecule has 0 aliphatic rings. The van der Waals surface area contributed by atoms with Gasteiger partial charge >= 0.3 is 5.82 Å². The average molecular weight is 199 g/mol. The highest BCUT2D eigenvalue weighted by Gasteiger charge is 2.14. The van der Waals surface area contributed by atoms with Gasteiger partial charge in [0.25, 0.3) is 0 Å². The van der Waals surface area contributed by atoms with Crippen LogP contribution in [0.3, 0.4) is 0 Å². The number of aromatic amines is 1. The highest BCUT2D eigenvalue weighted by Crippen LogP contribution is 2.15. The summed E-state index contributed by atoms with van der Waals surface area (Å²) in [7, 11) is 0. The lowest BCUT2D eigenvalue weighted by Crippen LogP contribution is -1.90. The Labute approximate surface area is 80.4 Å². The first kappa shape index (κ1) is 9.79. The Kier molecular flexibility index (Phi) is 3.07. The number of nitrogens with zero attached hydrogens (tertiary/aromatic N) is 2. The summed E-state index contributed by atoms with van der Waals surface area (Å²) in [6, 6.07) is 0. The molecule has 0 spiro atoms. The quantitative estimate of drug-likeness (QED) is 0.441. The molecule has 0 saturated heterocycles. The monoisotopic (exact) mass is 199 g/mol. The van der Waals surface area contributed by atoms with Crippen LogP contribution in [0.25, 0.3) is 6.08 Å². The summed E-state index contributed by atoms with van der Waals surface area (Å²) in [5, 5.41) is 10.5. The maximum absolute atomic E-state index is 10.5. The predicted molar refractivity (Wildman–Crippen MR) is 52.9 cm³/mol. The van der Waals surface area contributed by atoms with E-state index in [0.29, 0.717) is 17.3 Å². The van der Waals surface area contributed by atoms with Crippen LogP contribution >= 0.6 is 12.6 Å². The predicted octanol–water partition coefficient (Wildman–Crippen LogP) is 1.57. The molecule has 0 saturated carbocycles. The minimum Gasteiger partial charge on any atom is -0.358 e. The van der Waals surface area contributed by atoms with Crippen LogP contribution in [0.2, 0.25) is 0 Å². The molecule has 0 aromatic carbocycles. The zero-order valence-electron chi connectivity index (χ0n) is 7.02. The standard InChI is InChI=1S/C7H9N3O2S/c1-5-8-6(3-2-4-13)7(9-5)10(11)12/h2-3,13H,4H2,1H3,(H,8,9). The summed E-state index contributed by atoms with van der Waals surface area (Å²) in [4.78, 5) is 16.5. The molecule has 0 radical (unpaired) electrons. The summed E-state index contributed by atoms with van der Waals surface area (Å²) in [5.41, 5.74) is 0.344. The number of rotatable bonds is 3. The number of hydrogen-bond donors (Lipinski definition) is 2. The van der Waals surface area contributed by atoms with Gasteiger partial charge in [0.2, 0.25) is 0 Å². The second kappa shape index (κ2) is 4.08. The van der Waals surface area contributed by atoms with Gasteiger partial charge in [0.05, 0.1) is 0 Å². The van der Waals surface area contributed by atoms with Gasteiger partial charge in [0, 0.05) is 12.7 Å². The minimum absolute atomic E-state index is 0.0736. The van der Waals surface area contributed by atoms with E-state index in [9.17, 15) is 10.1 Å². The first-order valence-electron chi connectivity index (χ1n) is 3.63. The number of hydrogen-bond acceptors (Lipinski definition) is 4. The van der Waals surface area contributed by atoms with Gasteiger partial charge in [0.1, 0.15) is 0 Å². The molecule has 0 atom stereocenters. The lowest BCUT2D eigenvalue weighted by molar-refractivity contribution is -0.389. The SMILES string of the molecule is Cc1nc(C=CCS)c([N+](=O)[O-])[nH]1. The molecule has 0 amide bonds. The number of H-pyrrole nitrogens is 1. The maximum Gasteiger partial charge on any atom is 0.348 e. The van der Waals surface area contributed by atoms with Crippen molar-refractivity contribution in [2.24, 2.45) is 0 Å². The molecule has 0 aliphatic heterocycles. The van der Waals surface area contributed by atoms with Gasteiger partial charge in [-0.2, -0.15) is 12.6 Å². The molecule has 1 heterocycles. The zero-order chi connectivity index (χ0) is 9.84. The number of aryl methyl sites for hydroxylation is 1. The molecule has 1 aromatic rings.